The van der Waals surface area contributed by atoms with Gasteiger partial charge < -0.3 is 0 Å². The molecule has 0 radical (unpaired) electrons. The zero-order chi connectivity index (χ0) is 8.91. The second kappa shape index (κ2) is 5.22. The molecule has 0 aromatic carbocycles. The van der Waals surface area contributed by atoms with Crippen LogP contribution in [-0.2, 0) is 0 Å². The van der Waals surface area contributed by atoms with E-state index in [1.807, 2.05) is 0 Å². The highest BCUT2D eigenvalue weighted by Crippen LogP contribution is 2.23. The largest absolute Gasteiger partial charge is 0.286 e. The molecule has 0 aromatic rings. The number of nitrogens with zero attached hydrogens (tertiary/aromatic N) is 1. The molecule has 0 aliphatic heterocycles. The zero-order valence-electron chi connectivity index (χ0n) is 7.67. The summed E-state index contributed by atoms with van der Waals surface area (Å²) in [4.78, 5) is 4.34. The van der Waals surface area contributed by atoms with Crippen molar-refractivity contribution in [3.05, 3.63) is 0 Å². The van der Waals surface area contributed by atoms with Gasteiger partial charge in [-0.2, -0.15) is 0 Å². The van der Waals surface area contributed by atoms with Gasteiger partial charge in [-0.15, -0.1) is 18.5 Å². The summed E-state index contributed by atoms with van der Waals surface area (Å²) in [6, 6.07) is 0. The minimum Gasteiger partial charge on any atom is -0.286 e. The molecule has 0 spiro atoms. The Balaban J connectivity index is 4.06. The van der Waals surface area contributed by atoms with E-state index in [0.717, 1.165) is 12.8 Å². The van der Waals surface area contributed by atoms with Gasteiger partial charge in [0.2, 0.25) is 0 Å². The van der Waals surface area contributed by atoms with Crippen LogP contribution >= 0.6 is 18.5 Å². The van der Waals surface area contributed by atoms with Crippen LogP contribution in [0.3, 0.4) is 0 Å². The Morgan fingerprint density at radius 1 is 1.36 bits per heavy atom. The van der Waals surface area contributed by atoms with Crippen LogP contribution in [0.4, 0.5) is 0 Å². The first kappa shape index (κ1) is 11.5. The highest BCUT2D eigenvalue weighted by atomic mass is 31.1. The predicted octanol–water partition coefficient (Wildman–Crippen LogP) is 2.92. The molecule has 0 aliphatic rings. The van der Waals surface area contributed by atoms with Crippen molar-refractivity contribution < 1.29 is 0 Å². The molecule has 0 aromatic heterocycles. The van der Waals surface area contributed by atoms with E-state index in [0.29, 0.717) is 5.41 Å². The molecular formula is C8H19NP2. The molecule has 0 fully saturated rings. The van der Waals surface area contributed by atoms with Gasteiger partial charge in [-0.1, -0.05) is 20.8 Å². The van der Waals surface area contributed by atoms with Crippen LogP contribution in [0.5, 0.6) is 0 Å². The first-order chi connectivity index (χ1) is 5.04. The van der Waals surface area contributed by atoms with E-state index in [4.69, 9.17) is 0 Å². The fourth-order valence-electron chi connectivity index (χ4n) is 0.699. The Kier molecular flexibility index (Phi) is 5.48. The van der Waals surface area contributed by atoms with Crippen LogP contribution in [0.15, 0.2) is 4.99 Å². The molecule has 0 N–H and O–H groups in total. The van der Waals surface area contributed by atoms with Crippen LogP contribution in [-0.4, -0.2) is 11.7 Å². The van der Waals surface area contributed by atoms with Gasteiger partial charge in [0, 0.05) is 11.6 Å². The van der Waals surface area contributed by atoms with E-state index >= 15 is 0 Å². The smallest absolute Gasteiger partial charge is 0.0763 e. The summed E-state index contributed by atoms with van der Waals surface area (Å²) < 4.78 is 0. The predicted molar refractivity (Wildman–Crippen MR) is 60.4 cm³/mol. The second-order valence-corrected chi connectivity index (χ2v) is 5.27. The van der Waals surface area contributed by atoms with Gasteiger partial charge in [-0.25, -0.2) is 0 Å². The third kappa shape index (κ3) is 4.88. The molecule has 66 valence electrons. The first-order valence-corrected chi connectivity index (χ1v) is 5.43. The van der Waals surface area contributed by atoms with Crippen LogP contribution in [0.2, 0.25) is 0 Å². The molecule has 0 saturated heterocycles. The van der Waals surface area contributed by atoms with Crippen molar-refractivity contribution in [3.8, 4) is 0 Å². The second-order valence-electron chi connectivity index (χ2n) is 3.13. The molecule has 3 heteroatoms. The van der Waals surface area contributed by atoms with Crippen LogP contribution in [0.25, 0.3) is 0 Å². The number of aliphatic imine (C=N–C) groups is 1. The van der Waals surface area contributed by atoms with Crippen LogP contribution in [0.1, 0.15) is 33.6 Å². The average Bonchev–Trinajstić information content (AvgIpc) is 2.00. The van der Waals surface area contributed by atoms with E-state index in [1.165, 1.54) is 0 Å². The minimum absolute atomic E-state index is 0.271. The van der Waals surface area contributed by atoms with E-state index < -0.39 is 0 Å². The average molecular weight is 191 g/mol. The monoisotopic (exact) mass is 191 g/mol. The lowest BCUT2D eigenvalue weighted by Crippen LogP contribution is -2.15. The van der Waals surface area contributed by atoms with Gasteiger partial charge >= 0.3 is 0 Å². The molecule has 0 bridgehead atoms. The van der Waals surface area contributed by atoms with Crippen molar-refractivity contribution in [2.45, 2.75) is 39.1 Å². The Hall–Kier alpha value is 0.530. The SMILES string of the molecule is CCC(C)(C=NC(P)P)CC. The van der Waals surface area contributed by atoms with Crippen molar-refractivity contribution >= 4 is 24.7 Å². The van der Waals surface area contributed by atoms with Crippen molar-refractivity contribution in [3.63, 3.8) is 0 Å². The maximum absolute atomic E-state index is 4.34. The maximum atomic E-state index is 4.34. The summed E-state index contributed by atoms with van der Waals surface area (Å²) in [7, 11) is 5.29. The summed E-state index contributed by atoms with van der Waals surface area (Å²) >= 11 is 0. The summed E-state index contributed by atoms with van der Waals surface area (Å²) in [6.45, 7) is 6.65. The van der Waals surface area contributed by atoms with Crippen LogP contribution in [0, 0.1) is 5.41 Å². The summed E-state index contributed by atoms with van der Waals surface area (Å²) in [5.74, 6) is 0. The van der Waals surface area contributed by atoms with Gasteiger partial charge in [0.05, 0.1) is 5.52 Å². The summed E-state index contributed by atoms with van der Waals surface area (Å²) in [5, 5.41) is 0. The molecule has 0 rings (SSSR count). The summed E-state index contributed by atoms with van der Waals surface area (Å²) in [6.07, 6.45) is 4.40. The van der Waals surface area contributed by atoms with E-state index in [2.05, 4.69) is 50.5 Å². The van der Waals surface area contributed by atoms with Gasteiger partial charge in [-0.3, -0.25) is 4.99 Å². The summed E-state index contributed by atoms with van der Waals surface area (Å²) in [5.41, 5.74) is 0.568. The van der Waals surface area contributed by atoms with Gasteiger partial charge in [0.15, 0.2) is 0 Å². The molecule has 0 saturated carbocycles. The third-order valence-electron chi connectivity index (χ3n) is 2.17. The van der Waals surface area contributed by atoms with Crippen molar-refractivity contribution in [1.82, 2.24) is 0 Å². The molecule has 2 unspecified atom stereocenters. The molecule has 0 amide bonds. The Morgan fingerprint density at radius 3 is 2.09 bits per heavy atom. The fraction of sp³-hybridized carbons (Fsp3) is 0.875. The van der Waals surface area contributed by atoms with Crippen LogP contribution < -0.4 is 0 Å². The number of hydrogen-bond acceptors (Lipinski definition) is 1. The lowest BCUT2D eigenvalue weighted by atomic mass is 9.86. The van der Waals surface area contributed by atoms with Crippen molar-refractivity contribution in [2.24, 2.45) is 10.4 Å². The molecule has 0 heterocycles. The highest BCUT2D eigenvalue weighted by molar-refractivity contribution is 7.37. The molecule has 0 aliphatic carbocycles. The third-order valence-corrected chi connectivity index (χ3v) is 2.52. The quantitative estimate of drug-likeness (QED) is 0.478. The lowest BCUT2D eigenvalue weighted by molar-refractivity contribution is 0.443. The molecule has 1 nitrogen and oxygen atoms in total. The van der Waals surface area contributed by atoms with Gasteiger partial charge in [0.25, 0.3) is 0 Å². The zero-order valence-corrected chi connectivity index (χ0v) is 9.98. The lowest BCUT2D eigenvalue weighted by Gasteiger charge is -2.20. The van der Waals surface area contributed by atoms with Gasteiger partial charge in [-0.05, 0) is 12.8 Å². The normalized spacial score (nSPS) is 13.3. The number of rotatable bonds is 4. The van der Waals surface area contributed by atoms with Crippen molar-refractivity contribution in [2.75, 3.05) is 0 Å². The number of hydrogen-bond donors (Lipinski definition) is 0. The fourth-order valence-corrected chi connectivity index (χ4v) is 0.871. The minimum atomic E-state index is 0.271. The Labute approximate surface area is 74.8 Å². The van der Waals surface area contributed by atoms with E-state index in [-0.39, 0.29) is 5.52 Å². The molecular weight excluding hydrogens is 172 g/mol. The Morgan fingerprint density at radius 2 is 1.82 bits per heavy atom. The first-order valence-electron chi connectivity index (χ1n) is 4.09. The van der Waals surface area contributed by atoms with Crippen molar-refractivity contribution in [1.29, 1.82) is 0 Å². The maximum Gasteiger partial charge on any atom is 0.0763 e. The van der Waals surface area contributed by atoms with E-state index in [1.54, 1.807) is 0 Å². The van der Waals surface area contributed by atoms with Gasteiger partial charge in [0.1, 0.15) is 0 Å². The molecule has 11 heavy (non-hydrogen) atoms. The standard InChI is InChI=1S/C8H19NP2/c1-4-8(3,5-2)6-9-7(10)11/h6-7H,4-5,10-11H2,1-3H3. The molecule has 2 atom stereocenters. The highest BCUT2D eigenvalue weighted by Gasteiger charge is 2.15. The van der Waals surface area contributed by atoms with E-state index in [9.17, 15) is 0 Å². The Bertz CT molecular complexity index is 128. The topological polar surface area (TPSA) is 12.4 Å².